The monoisotopic (exact) mass is 286 g/mol. The van der Waals surface area contributed by atoms with Gasteiger partial charge in [-0.15, -0.1) is 0 Å². The molecule has 0 atom stereocenters. The van der Waals surface area contributed by atoms with Gasteiger partial charge in [-0.2, -0.15) is 0 Å². The number of benzene rings is 2. The second-order valence-electron chi connectivity index (χ2n) is 4.67. The van der Waals surface area contributed by atoms with Crippen LogP contribution in [0.4, 0.5) is 5.69 Å². The van der Waals surface area contributed by atoms with E-state index < -0.39 is 0 Å². The number of carbonyl (C=O) groups is 1. The van der Waals surface area contributed by atoms with Crippen LogP contribution in [0.5, 0.6) is 11.5 Å². The maximum absolute atomic E-state index is 11.9. The van der Waals surface area contributed by atoms with Crippen molar-refractivity contribution in [2.45, 2.75) is 6.92 Å². The zero-order valence-electron chi connectivity index (χ0n) is 11.8. The van der Waals surface area contributed by atoms with Crippen LogP contribution in [0.3, 0.4) is 0 Å². The quantitative estimate of drug-likeness (QED) is 0.580. The van der Waals surface area contributed by atoms with Gasteiger partial charge in [0.25, 0.3) is 5.91 Å². The minimum Gasteiger partial charge on any atom is -0.508 e. The number of nitrogens with two attached hydrogens (primary N) is 1. The van der Waals surface area contributed by atoms with Gasteiger partial charge in [-0.1, -0.05) is 6.07 Å². The Kier molecular flexibility index (Phi) is 4.66. The van der Waals surface area contributed by atoms with Gasteiger partial charge in [0.05, 0.1) is 6.54 Å². The van der Waals surface area contributed by atoms with Crippen LogP contribution in [0.15, 0.2) is 42.5 Å². The summed E-state index contributed by atoms with van der Waals surface area (Å²) in [5, 5.41) is 12.3. The standard InChI is InChI=1S/C16H18N2O3/c1-11-2-3-12(10-15(11)19)16(20)18-8-9-21-14-6-4-13(17)5-7-14/h2-7,10,19H,8-9,17H2,1H3,(H,18,20). The summed E-state index contributed by atoms with van der Waals surface area (Å²) >= 11 is 0. The number of aryl methyl sites for hydroxylation is 1. The van der Waals surface area contributed by atoms with Crippen LogP contribution in [0, 0.1) is 6.92 Å². The molecule has 2 aromatic rings. The van der Waals surface area contributed by atoms with E-state index in [1.807, 2.05) is 0 Å². The lowest BCUT2D eigenvalue weighted by atomic mass is 10.1. The van der Waals surface area contributed by atoms with Crippen LogP contribution in [-0.4, -0.2) is 24.2 Å². The zero-order chi connectivity index (χ0) is 15.2. The Bertz CT molecular complexity index is 624. The molecule has 2 rings (SSSR count). The molecule has 21 heavy (non-hydrogen) atoms. The predicted octanol–water partition coefficient (Wildman–Crippen LogP) is 2.09. The summed E-state index contributed by atoms with van der Waals surface area (Å²) in [6.45, 7) is 2.50. The van der Waals surface area contributed by atoms with Crippen molar-refractivity contribution in [2.75, 3.05) is 18.9 Å². The molecule has 2 aromatic carbocycles. The Hall–Kier alpha value is -2.69. The van der Waals surface area contributed by atoms with Crippen molar-refractivity contribution in [1.82, 2.24) is 5.32 Å². The molecule has 0 fully saturated rings. The summed E-state index contributed by atoms with van der Waals surface area (Å²) in [4.78, 5) is 11.9. The molecule has 0 heterocycles. The molecule has 0 spiro atoms. The maximum atomic E-state index is 11.9. The summed E-state index contributed by atoms with van der Waals surface area (Å²) in [5.74, 6) is 0.568. The molecular formula is C16H18N2O3. The summed E-state index contributed by atoms with van der Waals surface area (Å²) in [7, 11) is 0. The van der Waals surface area contributed by atoms with E-state index in [1.54, 1.807) is 43.3 Å². The molecule has 0 aliphatic rings. The molecule has 5 nitrogen and oxygen atoms in total. The molecule has 0 unspecified atom stereocenters. The summed E-state index contributed by atoms with van der Waals surface area (Å²) in [5.41, 5.74) is 7.41. The van der Waals surface area contributed by atoms with Crippen molar-refractivity contribution in [1.29, 1.82) is 0 Å². The Morgan fingerprint density at radius 2 is 1.95 bits per heavy atom. The first-order valence-corrected chi connectivity index (χ1v) is 6.62. The van der Waals surface area contributed by atoms with E-state index in [1.165, 1.54) is 6.07 Å². The summed E-state index contributed by atoms with van der Waals surface area (Å²) in [6, 6.07) is 11.9. The molecule has 5 heteroatoms. The van der Waals surface area contributed by atoms with E-state index in [9.17, 15) is 9.90 Å². The third kappa shape index (κ3) is 4.14. The number of amides is 1. The molecule has 4 N–H and O–H groups in total. The number of nitrogen functional groups attached to an aromatic ring is 1. The number of anilines is 1. The van der Waals surface area contributed by atoms with Gasteiger partial charge in [0.1, 0.15) is 18.1 Å². The number of hydrogen-bond acceptors (Lipinski definition) is 4. The molecular weight excluding hydrogens is 268 g/mol. The van der Waals surface area contributed by atoms with Gasteiger partial charge >= 0.3 is 0 Å². The van der Waals surface area contributed by atoms with Crippen LogP contribution in [0.25, 0.3) is 0 Å². The first-order valence-electron chi connectivity index (χ1n) is 6.62. The number of rotatable bonds is 5. The van der Waals surface area contributed by atoms with Crippen LogP contribution in [0.1, 0.15) is 15.9 Å². The van der Waals surface area contributed by atoms with Gasteiger partial charge in [0.15, 0.2) is 0 Å². The molecule has 0 aliphatic heterocycles. The lowest BCUT2D eigenvalue weighted by molar-refractivity contribution is 0.0946. The van der Waals surface area contributed by atoms with Crippen molar-refractivity contribution >= 4 is 11.6 Å². The van der Waals surface area contributed by atoms with Crippen molar-refractivity contribution in [2.24, 2.45) is 0 Å². The SMILES string of the molecule is Cc1ccc(C(=O)NCCOc2ccc(N)cc2)cc1O. The van der Waals surface area contributed by atoms with Crippen molar-refractivity contribution < 1.29 is 14.6 Å². The number of carbonyl (C=O) groups excluding carboxylic acids is 1. The fourth-order valence-corrected chi connectivity index (χ4v) is 1.75. The Morgan fingerprint density at radius 3 is 2.62 bits per heavy atom. The van der Waals surface area contributed by atoms with E-state index in [4.69, 9.17) is 10.5 Å². The number of phenolic OH excluding ortho intramolecular Hbond substituents is 1. The fraction of sp³-hybridized carbons (Fsp3) is 0.188. The number of nitrogens with one attached hydrogen (secondary N) is 1. The molecule has 0 bridgehead atoms. The maximum Gasteiger partial charge on any atom is 0.251 e. The second-order valence-corrected chi connectivity index (χ2v) is 4.67. The lowest BCUT2D eigenvalue weighted by Gasteiger charge is -2.08. The summed E-state index contributed by atoms with van der Waals surface area (Å²) < 4.78 is 5.47. The van der Waals surface area contributed by atoms with Crippen molar-refractivity contribution in [3.05, 3.63) is 53.6 Å². The number of ether oxygens (including phenoxy) is 1. The molecule has 0 aromatic heterocycles. The van der Waals surface area contributed by atoms with Crippen LogP contribution in [-0.2, 0) is 0 Å². The first-order chi connectivity index (χ1) is 10.1. The van der Waals surface area contributed by atoms with E-state index >= 15 is 0 Å². The normalized spacial score (nSPS) is 10.1. The average Bonchev–Trinajstić information content (AvgIpc) is 2.48. The van der Waals surface area contributed by atoms with E-state index in [0.29, 0.717) is 30.2 Å². The van der Waals surface area contributed by atoms with Gasteiger partial charge in [-0.05, 0) is 48.9 Å². The number of phenols is 1. The Morgan fingerprint density at radius 1 is 1.24 bits per heavy atom. The highest BCUT2D eigenvalue weighted by atomic mass is 16.5. The first kappa shape index (κ1) is 14.7. The zero-order valence-corrected chi connectivity index (χ0v) is 11.8. The molecule has 0 saturated heterocycles. The van der Waals surface area contributed by atoms with Crippen LogP contribution in [0.2, 0.25) is 0 Å². The van der Waals surface area contributed by atoms with Gasteiger partial charge in [-0.3, -0.25) is 4.79 Å². The number of hydrogen-bond donors (Lipinski definition) is 3. The molecule has 110 valence electrons. The second kappa shape index (κ2) is 6.65. The van der Waals surface area contributed by atoms with Crippen molar-refractivity contribution in [3.63, 3.8) is 0 Å². The molecule has 0 aliphatic carbocycles. The van der Waals surface area contributed by atoms with Gasteiger partial charge < -0.3 is 20.9 Å². The fourth-order valence-electron chi connectivity index (χ4n) is 1.75. The van der Waals surface area contributed by atoms with E-state index in [0.717, 1.165) is 5.56 Å². The topological polar surface area (TPSA) is 84.6 Å². The van der Waals surface area contributed by atoms with Gasteiger partial charge in [-0.25, -0.2) is 0 Å². The predicted molar refractivity (Wildman–Crippen MR) is 81.5 cm³/mol. The van der Waals surface area contributed by atoms with Gasteiger partial charge in [0, 0.05) is 11.3 Å². The highest BCUT2D eigenvalue weighted by Crippen LogP contribution is 2.17. The van der Waals surface area contributed by atoms with Crippen LogP contribution >= 0.6 is 0 Å². The van der Waals surface area contributed by atoms with E-state index in [2.05, 4.69) is 5.32 Å². The Labute approximate surface area is 123 Å². The molecule has 0 radical (unpaired) electrons. The average molecular weight is 286 g/mol. The minimum absolute atomic E-state index is 0.112. The molecule has 1 amide bonds. The minimum atomic E-state index is -0.244. The largest absolute Gasteiger partial charge is 0.508 e. The third-order valence-electron chi connectivity index (χ3n) is 3.01. The highest BCUT2D eigenvalue weighted by Gasteiger charge is 2.07. The lowest BCUT2D eigenvalue weighted by Crippen LogP contribution is -2.28. The molecule has 0 saturated carbocycles. The highest BCUT2D eigenvalue weighted by molar-refractivity contribution is 5.94. The van der Waals surface area contributed by atoms with Crippen LogP contribution < -0.4 is 15.8 Å². The van der Waals surface area contributed by atoms with E-state index in [-0.39, 0.29) is 11.7 Å². The van der Waals surface area contributed by atoms with Gasteiger partial charge in [0.2, 0.25) is 0 Å². The smallest absolute Gasteiger partial charge is 0.251 e. The Balaban J connectivity index is 1.79. The number of aromatic hydroxyl groups is 1. The third-order valence-corrected chi connectivity index (χ3v) is 3.01. The summed E-state index contributed by atoms with van der Waals surface area (Å²) in [6.07, 6.45) is 0. The van der Waals surface area contributed by atoms with Crippen molar-refractivity contribution in [3.8, 4) is 11.5 Å².